The number of nitrogens with one attached hydrogen (secondary N) is 1. The molecule has 2 aliphatic heterocycles. The van der Waals surface area contributed by atoms with Crippen molar-refractivity contribution in [3.63, 3.8) is 0 Å². The van der Waals surface area contributed by atoms with E-state index in [1.807, 2.05) is 0 Å². The number of phenolic OH excluding ortho intramolecular Hbond substituents is 1. The Bertz CT molecular complexity index is 960. The lowest BCUT2D eigenvalue weighted by Crippen LogP contribution is -2.38. The molecule has 1 saturated heterocycles. The number of rotatable bonds is 3. The smallest absolute Gasteiger partial charge is 0.155 e. The molecule has 9 heteroatoms. The fourth-order valence-electron chi connectivity index (χ4n) is 4.79. The maximum Gasteiger partial charge on any atom is 0.155 e. The minimum Gasteiger partial charge on any atom is -0.507 e. The highest BCUT2D eigenvalue weighted by atomic mass is 35.5. The first-order valence-electron chi connectivity index (χ1n) is 10.2. The standard InChI is InChI=1S/C21H23ClFN3O4/c22-11-7-13(23)17(16(28)8-11)19-12-9-30-21(5-6-29-10-21)18(12)20(26-25-19)24-14-3-1-2-4-15(14)27/h7-8,14-15,27-28H,1-6,9-10H2,(H,24,26)/t14-,15-,21+/m1/s1. The average Bonchev–Trinajstić information content (AvgIpc) is 3.33. The number of ether oxygens (including phenoxy) is 2. The number of nitrogens with zero attached hydrogens (tertiary/aromatic N) is 2. The molecule has 2 fully saturated rings. The molecule has 7 nitrogen and oxygen atoms in total. The largest absolute Gasteiger partial charge is 0.507 e. The van der Waals surface area contributed by atoms with Gasteiger partial charge in [-0.3, -0.25) is 0 Å². The first-order chi connectivity index (χ1) is 14.5. The number of hydrogen-bond donors (Lipinski definition) is 3. The SMILES string of the molecule is Oc1cc(Cl)cc(F)c1-c1nnc(N[C@@H]2CCCC[C@H]2O)c2c1CO[C@]21CCOC1. The number of aliphatic hydroxyl groups is 1. The molecule has 3 heterocycles. The van der Waals surface area contributed by atoms with Gasteiger partial charge >= 0.3 is 0 Å². The van der Waals surface area contributed by atoms with Gasteiger partial charge in [-0.2, -0.15) is 0 Å². The number of hydrogen-bond acceptors (Lipinski definition) is 7. The summed E-state index contributed by atoms with van der Waals surface area (Å²) in [5.74, 6) is -0.455. The highest BCUT2D eigenvalue weighted by molar-refractivity contribution is 6.30. The van der Waals surface area contributed by atoms with Crippen LogP contribution in [0.15, 0.2) is 12.1 Å². The van der Waals surface area contributed by atoms with Crippen molar-refractivity contribution in [1.82, 2.24) is 10.2 Å². The number of aliphatic hydroxyl groups excluding tert-OH is 1. The molecule has 3 aliphatic rings. The van der Waals surface area contributed by atoms with Crippen LogP contribution >= 0.6 is 11.6 Å². The van der Waals surface area contributed by atoms with Crippen molar-refractivity contribution in [3.05, 3.63) is 34.1 Å². The van der Waals surface area contributed by atoms with Crippen molar-refractivity contribution in [2.24, 2.45) is 0 Å². The third-order valence-electron chi connectivity index (χ3n) is 6.33. The predicted octanol–water partition coefficient (Wildman–Crippen LogP) is 3.50. The summed E-state index contributed by atoms with van der Waals surface area (Å²) in [6, 6.07) is 2.28. The van der Waals surface area contributed by atoms with Crippen molar-refractivity contribution in [1.29, 1.82) is 0 Å². The normalized spacial score (nSPS) is 28.1. The molecule has 1 saturated carbocycles. The molecule has 3 N–H and O–H groups in total. The molecule has 1 aromatic carbocycles. The number of anilines is 1. The second-order valence-electron chi connectivity index (χ2n) is 8.22. The summed E-state index contributed by atoms with van der Waals surface area (Å²) in [6.07, 6.45) is 3.76. The van der Waals surface area contributed by atoms with E-state index in [9.17, 15) is 14.6 Å². The topological polar surface area (TPSA) is 96.7 Å². The Morgan fingerprint density at radius 1 is 1.23 bits per heavy atom. The number of aromatic nitrogens is 2. The predicted molar refractivity (Wildman–Crippen MR) is 108 cm³/mol. The highest BCUT2D eigenvalue weighted by Gasteiger charge is 2.48. The molecule has 0 bridgehead atoms. The van der Waals surface area contributed by atoms with Gasteiger partial charge < -0.3 is 25.0 Å². The van der Waals surface area contributed by atoms with Gasteiger partial charge in [0, 0.05) is 29.2 Å². The van der Waals surface area contributed by atoms with Crippen molar-refractivity contribution < 1.29 is 24.1 Å². The minimum absolute atomic E-state index is 0.0491. The van der Waals surface area contributed by atoms with E-state index in [1.165, 1.54) is 6.07 Å². The second kappa shape index (κ2) is 7.60. The Labute approximate surface area is 178 Å². The molecular formula is C21H23ClFN3O4. The maximum atomic E-state index is 14.7. The summed E-state index contributed by atoms with van der Waals surface area (Å²) in [5, 5.41) is 32.9. The van der Waals surface area contributed by atoms with Gasteiger partial charge in [-0.1, -0.05) is 24.4 Å². The van der Waals surface area contributed by atoms with Gasteiger partial charge in [0.2, 0.25) is 0 Å². The van der Waals surface area contributed by atoms with Crippen LogP contribution in [0.4, 0.5) is 10.2 Å². The summed E-state index contributed by atoms with van der Waals surface area (Å²) in [4.78, 5) is 0. The molecule has 2 aromatic rings. The maximum absolute atomic E-state index is 14.7. The summed E-state index contributed by atoms with van der Waals surface area (Å²) < 4.78 is 26.5. The number of phenols is 1. The Balaban J connectivity index is 1.64. The lowest BCUT2D eigenvalue weighted by molar-refractivity contribution is -0.0418. The molecule has 1 aliphatic carbocycles. The molecule has 160 valence electrons. The van der Waals surface area contributed by atoms with Crippen molar-refractivity contribution >= 4 is 17.4 Å². The van der Waals surface area contributed by atoms with Crippen molar-refractivity contribution in [3.8, 4) is 17.0 Å². The van der Waals surface area contributed by atoms with Crippen molar-refractivity contribution in [2.75, 3.05) is 18.5 Å². The zero-order valence-corrected chi connectivity index (χ0v) is 17.1. The Hall–Kier alpha value is -2.00. The number of aromatic hydroxyl groups is 1. The average molecular weight is 436 g/mol. The fourth-order valence-corrected chi connectivity index (χ4v) is 4.99. The molecule has 0 radical (unpaired) electrons. The molecule has 3 atom stereocenters. The molecule has 0 unspecified atom stereocenters. The Morgan fingerprint density at radius 3 is 2.80 bits per heavy atom. The van der Waals surface area contributed by atoms with Crippen LogP contribution < -0.4 is 5.32 Å². The van der Waals surface area contributed by atoms with Crippen LogP contribution in [-0.4, -0.2) is 45.8 Å². The number of fused-ring (bicyclic) bond motifs is 2. The monoisotopic (exact) mass is 435 g/mol. The molecular weight excluding hydrogens is 413 g/mol. The van der Waals surface area contributed by atoms with E-state index in [0.717, 1.165) is 37.3 Å². The number of halogens is 2. The molecule has 1 aromatic heterocycles. The lowest BCUT2D eigenvalue weighted by Gasteiger charge is -2.31. The first kappa shape index (κ1) is 19.9. The van der Waals surface area contributed by atoms with Crippen LogP contribution in [0.3, 0.4) is 0 Å². The quantitative estimate of drug-likeness (QED) is 0.678. The van der Waals surface area contributed by atoms with E-state index in [-0.39, 0.29) is 34.7 Å². The highest BCUT2D eigenvalue weighted by Crippen LogP contribution is 2.49. The first-order valence-corrected chi connectivity index (χ1v) is 10.6. The molecule has 1 spiro atoms. The van der Waals surface area contributed by atoms with Gasteiger partial charge in [-0.15, -0.1) is 10.2 Å². The van der Waals surface area contributed by atoms with E-state index < -0.39 is 17.5 Å². The third-order valence-corrected chi connectivity index (χ3v) is 6.55. The van der Waals surface area contributed by atoms with Crippen LogP contribution in [0, 0.1) is 5.82 Å². The number of benzene rings is 1. The summed E-state index contributed by atoms with van der Waals surface area (Å²) in [7, 11) is 0. The second-order valence-corrected chi connectivity index (χ2v) is 8.66. The van der Waals surface area contributed by atoms with Gasteiger partial charge in [0.05, 0.1) is 30.9 Å². The molecule has 0 amide bonds. The molecule has 30 heavy (non-hydrogen) atoms. The van der Waals surface area contributed by atoms with Crippen molar-refractivity contribution in [2.45, 2.75) is 56.5 Å². The lowest BCUT2D eigenvalue weighted by atomic mass is 9.88. The van der Waals surface area contributed by atoms with E-state index in [2.05, 4.69) is 15.5 Å². The van der Waals surface area contributed by atoms with Gasteiger partial charge in [0.1, 0.15) is 22.9 Å². The zero-order chi connectivity index (χ0) is 20.9. The van der Waals surface area contributed by atoms with Crippen LogP contribution in [0.1, 0.15) is 43.2 Å². The Kier molecular flexibility index (Phi) is 5.05. The van der Waals surface area contributed by atoms with Crippen LogP contribution in [-0.2, 0) is 21.7 Å². The van der Waals surface area contributed by atoms with Gasteiger partial charge in [-0.25, -0.2) is 4.39 Å². The van der Waals surface area contributed by atoms with Gasteiger partial charge in [0.25, 0.3) is 0 Å². The van der Waals surface area contributed by atoms with Gasteiger partial charge in [0.15, 0.2) is 5.82 Å². The van der Waals surface area contributed by atoms with Gasteiger partial charge in [-0.05, 0) is 25.0 Å². The minimum atomic E-state index is -0.694. The van der Waals surface area contributed by atoms with Crippen LogP contribution in [0.25, 0.3) is 11.3 Å². The van der Waals surface area contributed by atoms with E-state index in [0.29, 0.717) is 31.0 Å². The van der Waals surface area contributed by atoms with E-state index in [4.69, 9.17) is 21.1 Å². The summed E-state index contributed by atoms with van der Waals surface area (Å²) >= 11 is 5.86. The molecule has 5 rings (SSSR count). The van der Waals surface area contributed by atoms with E-state index >= 15 is 0 Å². The zero-order valence-electron chi connectivity index (χ0n) is 16.3. The van der Waals surface area contributed by atoms with E-state index in [1.54, 1.807) is 0 Å². The summed E-state index contributed by atoms with van der Waals surface area (Å²) in [6.45, 7) is 1.11. The Morgan fingerprint density at radius 2 is 2.07 bits per heavy atom. The van der Waals surface area contributed by atoms with Crippen LogP contribution in [0.5, 0.6) is 5.75 Å². The summed E-state index contributed by atoms with van der Waals surface area (Å²) in [5.41, 5.74) is 0.930. The fraction of sp³-hybridized carbons (Fsp3) is 0.524. The van der Waals surface area contributed by atoms with Crippen LogP contribution in [0.2, 0.25) is 5.02 Å². The third kappa shape index (κ3) is 3.22.